The van der Waals surface area contributed by atoms with Gasteiger partial charge in [-0.3, -0.25) is 4.99 Å². The molecule has 0 unspecified atom stereocenters. The zero-order chi connectivity index (χ0) is 48.0. The number of aliphatic hydroxyl groups is 3. The quantitative estimate of drug-likeness (QED) is 0.107. The number of guanidine groups is 1. The zero-order valence-corrected chi connectivity index (χ0v) is 41.2. The second-order valence-electron chi connectivity index (χ2n) is 22.4. The summed E-state index contributed by atoms with van der Waals surface area (Å²) in [7, 11) is 1.72. The summed E-state index contributed by atoms with van der Waals surface area (Å²) in [5.74, 6) is 7.78. The number of fused-ring (bicyclic) bond motifs is 2. The Kier molecular flexibility index (Phi) is 13.9. The molecule has 13 rings (SSSR count). The van der Waals surface area contributed by atoms with Crippen LogP contribution in [0.2, 0.25) is 0 Å². The first-order valence-electron chi connectivity index (χ1n) is 26.3. The molecule has 6 heterocycles. The molecule has 10 aliphatic rings. The summed E-state index contributed by atoms with van der Waals surface area (Å²) in [6.45, 7) is 7.84. The van der Waals surface area contributed by atoms with E-state index < -0.39 is 18.3 Å². The van der Waals surface area contributed by atoms with Gasteiger partial charge in [-0.05, 0) is 157 Å². The maximum atomic E-state index is 12.4. The van der Waals surface area contributed by atoms with Gasteiger partial charge in [-0.1, -0.05) is 64.2 Å². The first-order valence-corrected chi connectivity index (χ1v) is 26.3. The minimum atomic E-state index is -0.881. The van der Waals surface area contributed by atoms with Gasteiger partial charge < -0.3 is 50.4 Å². The van der Waals surface area contributed by atoms with Crippen LogP contribution in [0.1, 0.15) is 138 Å². The van der Waals surface area contributed by atoms with Gasteiger partial charge in [-0.25, -0.2) is 0 Å². The molecule has 11 atom stereocenters. The van der Waals surface area contributed by atoms with E-state index in [9.17, 15) is 20.4 Å². The third kappa shape index (κ3) is 9.55. The number of nitrogens with two attached hydrogens (primary N) is 1. The van der Waals surface area contributed by atoms with E-state index in [1.165, 1.54) is 0 Å². The van der Waals surface area contributed by atoms with Gasteiger partial charge in [0.15, 0.2) is 17.5 Å². The summed E-state index contributed by atoms with van der Waals surface area (Å²) in [6, 6.07) is 11.9. The van der Waals surface area contributed by atoms with Crippen LogP contribution >= 0.6 is 0 Å². The van der Waals surface area contributed by atoms with Gasteiger partial charge in [0.25, 0.3) is 0 Å². The molecule has 11 nitrogen and oxygen atoms in total. The Morgan fingerprint density at radius 1 is 0.957 bits per heavy atom. The molecule has 7 N–H and O–H groups in total. The van der Waals surface area contributed by atoms with Gasteiger partial charge in [0.2, 0.25) is 0 Å². The van der Waals surface area contributed by atoms with Crippen molar-refractivity contribution in [2.24, 2.45) is 57.6 Å². The molecule has 0 aromatic heterocycles. The number of aliphatic imine (C=N–C) groups is 1. The van der Waals surface area contributed by atoms with Crippen molar-refractivity contribution < 1.29 is 39.4 Å². The first kappa shape index (κ1) is 47.8. The lowest BCUT2D eigenvalue weighted by Crippen LogP contribution is -2.46. The summed E-state index contributed by atoms with van der Waals surface area (Å²) < 4.78 is 26.5. The van der Waals surface area contributed by atoms with Gasteiger partial charge >= 0.3 is 0 Å². The molecule has 9 bridgehead atoms. The number of nitrogens with zero attached hydrogens (tertiary/aromatic N) is 1. The number of methoxy groups -OCH3 is 1. The van der Waals surface area contributed by atoms with Gasteiger partial charge in [0.1, 0.15) is 35.6 Å². The number of allylic oxidation sites excluding steroid dienone is 2. The monoisotopic (exact) mass is 942 g/mol. The minimum absolute atomic E-state index is 0.00204. The van der Waals surface area contributed by atoms with Crippen LogP contribution in [0, 0.1) is 58.9 Å². The summed E-state index contributed by atoms with van der Waals surface area (Å²) in [4.78, 5) is 4.95. The van der Waals surface area contributed by atoms with E-state index in [4.69, 9.17) is 29.7 Å². The molecule has 69 heavy (non-hydrogen) atoms. The predicted molar refractivity (Wildman–Crippen MR) is 269 cm³/mol. The van der Waals surface area contributed by atoms with Crippen molar-refractivity contribution in [1.29, 1.82) is 0 Å². The zero-order valence-electron chi connectivity index (χ0n) is 41.2. The smallest absolute Gasteiger partial charge is 0.188 e. The molecule has 3 aromatic carbocycles. The van der Waals surface area contributed by atoms with E-state index in [1.807, 2.05) is 30.3 Å². The fourth-order valence-corrected chi connectivity index (χ4v) is 14.0. The predicted octanol–water partition coefficient (Wildman–Crippen LogP) is 9.30. The molecule has 2 fully saturated rings. The molecule has 1 spiro atoms. The van der Waals surface area contributed by atoms with Crippen LogP contribution in [0.4, 0.5) is 0 Å². The van der Waals surface area contributed by atoms with E-state index in [-0.39, 0.29) is 53.6 Å². The van der Waals surface area contributed by atoms with Gasteiger partial charge in [-0.2, -0.15) is 0 Å². The van der Waals surface area contributed by atoms with Crippen molar-refractivity contribution in [2.45, 2.75) is 147 Å². The van der Waals surface area contributed by atoms with E-state index in [2.05, 4.69) is 56.3 Å². The average Bonchev–Trinajstić information content (AvgIpc) is 3.83. The lowest BCUT2D eigenvalue weighted by molar-refractivity contribution is -0.0162. The third-order valence-corrected chi connectivity index (χ3v) is 17.5. The molecular weight excluding hydrogens is 867 g/mol. The Bertz CT molecular complexity index is 2480. The van der Waals surface area contributed by atoms with Crippen LogP contribution in [0.3, 0.4) is 0 Å². The number of phenols is 1. The number of phenolic OH excluding ortho intramolecular Hbond substituents is 1. The van der Waals surface area contributed by atoms with Crippen molar-refractivity contribution in [2.75, 3.05) is 26.8 Å². The number of rotatable bonds is 5. The highest BCUT2D eigenvalue weighted by atomic mass is 16.5. The summed E-state index contributed by atoms with van der Waals surface area (Å²) in [6.07, 6.45) is 18.0. The molecule has 6 aliphatic heterocycles. The van der Waals surface area contributed by atoms with Crippen molar-refractivity contribution in [3.63, 3.8) is 0 Å². The fraction of sp³-hybridized carbons (Fsp3) is 0.603. The molecular formula is C58H75N3O8. The fourth-order valence-electron chi connectivity index (χ4n) is 14.0. The molecule has 11 heteroatoms. The van der Waals surface area contributed by atoms with Crippen LogP contribution in [0.15, 0.2) is 53.5 Å². The van der Waals surface area contributed by atoms with Crippen LogP contribution in [0.25, 0.3) is 11.1 Å². The van der Waals surface area contributed by atoms with E-state index >= 15 is 0 Å². The Hall–Kier alpha value is -4.89. The van der Waals surface area contributed by atoms with Crippen molar-refractivity contribution in [3.8, 4) is 51.9 Å². The van der Waals surface area contributed by atoms with Crippen LogP contribution in [0.5, 0.6) is 28.7 Å². The van der Waals surface area contributed by atoms with Gasteiger partial charge in [-0.15, -0.1) is 0 Å². The second kappa shape index (κ2) is 20.1. The van der Waals surface area contributed by atoms with E-state index in [0.29, 0.717) is 91.7 Å². The highest BCUT2D eigenvalue weighted by Gasteiger charge is 2.45. The standard InChI is InChI=1S/C58H75N3O8/c1-5-34-22-37-12-11-36(34)23-42(63)30-58(17-6-7-18-58)32-61-57(59)60-19-16-43-39(31-62)13-10-35-9-8-20-67-49-15-14-38(27-51(49)69-55(35)43)56-48(65)28-46-50(68-56)29-52(66-4)54-45-25-41(21-33(2)3)47(64)26-40(45)24-44(37)53(46)54/h11-12,14-15,25-27,29,33-37,39,42-44,48,55-56,62-65H,5-7,9-10,13,16-19,21-24,28,30-32H2,1-4H3,(H3,59,60,61)/t34-,35+,36-,37-,39-,42-,43-,44+,48+,55+,56-/m0/s1. The number of hydrogen-bond donors (Lipinski definition) is 6. The van der Waals surface area contributed by atoms with Gasteiger partial charge in [0.05, 0.1) is 19.3 Å². The van der Waals surface area contributed by atoms with E-state index in [1.54, 1.807) is 7.11 Å². The lowest BCUT2D eigenvalue weighted by atomic mass is 9.64. The Morgan fingerprint density at radius 2 is 1.78 bits per heavy atom. The maximum absolute atomic E-state index is 12.4. The number of ether oxygens (including phenoxy) is 4. The maximum Gasteiger partial charge on any atom is 0.188 e. The highest BCUT2D eigenvalue weighted by Crippen LogP contribution is 2.57. The molecule has 4 aliphatic carbocycles. The molecule has 0 radical (unpaired) electrons. The molecule has 2 saturated carbocycles. The number of benzene rings is 3. The average molecular weight is 942 g/mol. The van der Waals surface area contributed by atoms with Crippen molar-refractivity contribution >= 4 is 5.96 Å². The van der Waals surface area contributed by atoms with Crippen molar-refractivity contribution in [3.05, 3.63) is 76.4 Å². The minimum Gasteiger partial charge on any atom is -0.508 e. The van der Waals surface area contributed by atoms with Crippen molar-refractivity contribution in [1.82, 2.24) is 5.32 Å². The highest BCUT2D eigenvalue weighted by molar-refractivity contribution is 5.84. The second-order valence-corrected chi connectivity index (χ2v) is 22.4. The molecule has 370 valence electrons. The number of nitrogens with one attached hydrogen (secondary N) is 1. The molecule has 0 saturated heterocycles. The SMILES string of the molecule is CC[C@H]1C[C@@H]2C=C[C@H]1C[C@H](O)CC1(CCCC1)CN=C(N)NCC[C@H]1[C@H](CO)CC[C@H]3CC#COc4ccc(cc4O[C@H]31)[C@@H]1Oc3cc(OC)c4c(c3C[C@H]1O)[C@@H]2Cc1cc(O)c(CC(C)C)cc1-4. The first-order chi connectivity index (χ1) is 33.4. The number of hydrogen-bond acceptors (Lipinski definition) is 11. The van der Waals surface area contributed by atoms with Crippen LogP contribution in [-0.2, 0) is 19.3 Å². The largest absolute Gasteiger partial charge is 0.508 e. The molecule has 3 aromatic rings. The molecule has 0 amide bonds. The summed E-state index contributed by atoms with van der Waals surface area (Å²) in [5, 5.41) is 50.0. The Balaban J connectivity index is 1.09. The normalized spacial score (nSPS) is 31.4. The summed E-state index contributed by atoms with van der Waals surface area (Å²) in [5.41, 5.74) is 13.6. The number of aromatic hydroxyl groups is 1. The van der Waals surface area contributed by atoms with E-state index in [0.717, 1.165) is 103 Å². The Morgan fingerprint density at radius 3 is 2.57 bits per heavy atom. The lowest BCUT2D eigenvalue weighted by Gasteiger charge is -2.42. The van der Waals surface area contributed by atoms with Gasteiger partial charge in [0, 0.05) is 61.6 Å². The van der Waals surface area contributed by atoms with Crippen LogP contribution < -0.4 is 30.0 Å². The topological polar surface area (TPSA) is 168 Å². The van der Waals surface area contributed by atoms with Crippen LogP contribution in [-0.4, -0.2) is 71.5 Å². The third-order valence-electron chi connectivity index (χ3n) is 17.5. The number of aliphatic hydroxyl groups excluding tert-OH is 3. The Labute approximate surface area is 409 Å². The summed E-state index contributed by atoms with van der Waals surface area (Å²) >= 11 is 0.